The van der Waals surface area contributed by atoms with Crippen LogP contribution < -0.4 is 16.0 Å². The van der Waals surface area contributed by atoms with E-state index in [1.807, 2.05) is 45.8 Å². The summed E-state index contributed by atoms with van der Waals surface area (Å²) in [6.45, 7) is 6.40. The zero-order valence-corrected chi connectivity index (χ0v) is 12.3. The van der Waals surface area contributed by atoms with Crippen LogP contribution in [0.5, 0.6) is 0 Å². The van der Waals surface area contributed by atoms with E-state index < -0.39 is 6.04 Å². The highest BCUT2D eigenvalue weighted by Gasteiger charge is 2.29. The molecular weight excluding hydrogens is 242 g/mol. The minimum absolute atomic E-state index is 0.233. The second-order valence-corrected chi connectivity index (χ2v) is 5.82. The number of rotatable bonds is 5. The van der Waals surface area contributed by atoms with Crippen molar-refractivity contribution < 1.29 is 4.79 Å². The van der Waals surface area contributed by atoms with Crippen molar-refractivity contribution in [3.63, 3.8) is 0 Å². The average molecular weight is 265 g/mol. The van der Waals surface area contributed by atoms with Gasteiger partial charge in [-0.3, -0.25) is 10.1 Å². The van der Waals surface area contributed by atoms with Crippen LogP contribution in [-0.4, -0.2) is 36.0 Å². The first-order valence-electron chi connectivity index (χ1n) is 6.23. The van der Waals surface area contributed by atoms with Crippen LogP contribution in [-0.2, 0) is 11.3 Å². The lowest BCUT2D eigenvalue weighted by atomic mass is 9.86. The van der Waals surface area contributed by atoms with Crippen molar-refractivity contribution in [1.29, 1.82) is 0 Å². The third kappa shape index (κ3) is 4.48. The summed E-state index contributed by atoms with van der Waals surface area (Å²) in [5.74, 6) is 0.292. The lowest BCUT2D eigenvalue weighted by molar-refractivity contribution is -0.122. The monoisotopic (exact) mass is 265 g/mol. The highest BCUT2D eigenvalue weighted by atomic mass is 16.1. The Bertz CT molecular complexity index is 439. The minimum Gasteiger partial charge on any atom is -0.368 e. The second kappa shape index (κ2) is 5.97. The van der Waals surface area contributed by atoms with Crippen molar-refractivity contribution in [3.05, 3.63) is 18.0 Å². The van der Waals surface area contributed by atoms with Gasteiger partial charge in [-0.15, -0.1) is 0 Å². The van der Waals surface area contributed by atoms with Crippen molar-refractivity contribution >= 4 is 11.9 Å². The van der Waals surface area contributed by atoms with Gasteiger partial charge in [0.25, 0.3) is 0 Å². The first-order chi connectivity index (χ1) is 8.71. The molecule has 0 aliphatic heterocycles. The predicted molar refractivity (Wildman–Crippen MR) is 75.6 cm³/mol. The van der Waals surface area contributed by atoms with Crippen LogP contribution in [0.15, 0.2) is 12.3 Å². The first kappa shape index (κ1) is 15.4. The fraction of sp³-hybridized carbons (Fsp3) is 0.615. The van der Waals surface area contributed by atoms with Gasteiger partial charge in [0.05, 0.1) is 11.7 Å². The van der Waals surface area contributed by atoms with Crippen LogP contribution >= 0.6 is 0 Å². The first-order valence-corrected chi connectivity index (χ1v) is 6.23. The van der Waals surface area contributed by atoms with Crippen molar-refractivity contribution in [2.24, 2.45) is 11.1 Å². The molecule has 0 fully saturated rings. The summed E-state index contributed by atoms with van der Waals surface area (Å²) in [7, 11) is 3.77. The summed E-state index contributed by atoms with van der Waals surface area (Å²) >= 11 is 0. The molecule has 0 spiro atoms. The van der Waals surface area contributed by atoms with Crippen LogP contribution in [0.3, 0.4) is 0 Å². The van der Waals surface area contributed by atoms with E-state index in [9.17, 15) is 4.79 Å². The van der Waals surface area contributed by atoms with Crippen LogP contribution in [0.25, 0.3) is 0 Å². The normalized spacial score (nSPS) is 13.1. The smallest absolute Gasteiger partial charge is 0.235 e. The fourth-order valence-electron chi connectivity index (χ4n) is 1.74. The van der Waals surface area contributed by atoms with E-state index in [0.29, 0.717) is 12.5 Å². The zero-order chi connectivity index (χ0) is 14.6. The van der Waals surface area contributed by atoms with E-state index in [-0.39, 0.29) is 11.3 Å². The maximum atomic E-state index is 11.5. The van der Waals surface area contributed by atoms with Crippen molar-refractivity contribution in [1.82, 2.24) is 15.3 Å². The molecule has 0 aliphatic carbocycles. The van der Waals surface area contributed by atoms with Gasteiger partial charge in [-0.05, 0) is 11.5 Å². The molecule has 0 unspecified atom stereocenters. The Morgan fingerprint density at radius 3 is 2.58 bits per heavy atom. The largest absolute Gasteiger partial charge is 0.368 e. The Kier molecular flexibility index (Phi) is 4.83. The maximum Gasteiger partial charge on any atom is 0.235 e. The molecule has 1 heterocycles. The topological polar surface area (TPSA) is 84.1 Å². The van der Waals surface area contributed by atoms with E-state index in [1.165, 1.54) is 0 Å². The van der Waals surface area contributed by atoms with E-state index in [0.717, 1.165) is 5.69 Å². The Morgan fingerprint density at radius 1 is 1.47 bits per heavy atom. The summed E-state index contributed by atoms with van der Waals surface area (Å²) < 4.78 is 0. The molecule has 3 N–H and O–H groups in total. The molecule has 6 heteroatoms. The molecule has 1 aromatic heterocycles. The quantitative estimate of drug-likeness (QED) is 0.811. The molecule has 0 aliphatic rings. The number of nitrogens with zero attached hydrogens (tertiary/aromatic N) is 3. The lowest BCUT2D eigenvalue weighted by Gasteiger charge is -2.28. The number of amides is 1. The minimum atomic E-state index is -0.398. The molecule has 0 radical (unpaired) electrons. The molecule has 6 nitrogen and oxygen atoms in total. The van der Waals surface area contributed by atoms with Gasteiger partial charge in [-0.25, -0.2) is 9.97 Å². The number of primary amides is 1. The number of carbonyl (C=O) groups is 1. The molecule has 0 aromatic carbocycles. The molecule has 1 atom stereocenters. The number of anilines is 1. The Hall–Kier alpha value is -1.69. The van der Waals surface area contributed by atoms with Gasteiger partial charge in [0.2, 0.25) is 11.9 Å². The molecular formula is C13H23N5O. The third-order valence-electron chi connectivity index (χ3n) is 2.74. The maximum absolute atomic E-state index is 11.5. The Morgan fingerprint density at radius 2 is 2.11 bits per heavy atom. The summed E-state index contributed by atoms with van der Waals surface area (Å²) in [4.78, 5) is 21.8. The number of nitrogens with one attached hydrogen (secondary N) is 1. The van der Waals surface area contributed by atoms with Crippen LogP contribution in [0, 0.1) is 5.41 Å². The van der Waals surface area contributed by atoms with Gasteiger partial charge < -0.3 is 10.6 Å². The molecule has 0 saturated heterocycles. The number of carbonyl (C=O) groups excluding carboxylic acids is 1. The van der Waals surface area contributed by atoms with Gasteiger partial charge in [0, 0.05) is 26.8 Å². The van der Waals surface area contributed by atoms with Crippen molar-refractivity contribution in [2.75, 3.05) is 19.0 Å². The number of hydrogen-bond acceptors (Lipinski definition) is 5. The number of nitrogens with two attached hydrogens (primary N) is 1. The Balaban J connectivity index is 2.75. The SMILES string of the molecule is CN(C)c1nccc(CN[C@@H](C(N)=O)C(C)(C)C)n1. The summed E-state index contributed by atoms with van der Waals surface area (Å²) in [5.41, 5.74) is 6.02. The summed E-state index contributed by atoms with van der Waals surface area (Å²) in [6, 6.07) is 1.42. The molecule has 1 rings (SSSR count). The summed E-state index contributed by atoms with van der Waals surface area (Å²) in [6.07, 6.45) is 1.70. The van der Waals surface area contributed by atoms with E-state index in [2.05, 4.69) is 15.3 Å². The van der Waals surface area contributed by atoms with Gasteiger partial charge >= 0.3 is 0 Å². The standard InChI is InChI=1S/C13H23N5O/c1-13(2,3)10(11(14)19)16-8-9-6-7-15-12(17-9)18(4)5/h6-7,10,16H,8H2,1-5H3,(H2,14,19)/t10-/m0/s1. The summed E-state index contributed by atoms with van der Waals surface area (Å²) in [5, 5.41) is 3.16. The molecule has 0 bridgehead atoms. The molecule has 1 aromatic rings. The fourth-order valence-corrected chi connectivity index (χ4v) is 1.74. The lowest BCUT2D eigenvalue weighted by Crippen LogP contribution is -2.49. The van der Waals surface area contributed by atoms with Gasteiger partial charge in [-0.2, -0.15) is 0 Å². The average Bonchev–Trinajstić information content (AvgIpc) is 2.27. The second-order valence-electron chi connectivity index (χ2n) is 5.82. The van der Waals surface area contributed by atoms with Crippen LogP contribution in [0.4, 0.5) is 5.95 Å². The van der Waals surface area contributed by atoms with Gasteiger partial charge in [0.1, 0.15) is 0 Å². The molecule has 106 valence electrons. The predicted octanol–water partition coefficient (Wildman–Crippen LogP) is 0.532. The van der Waals surface area contributed by atoms with Gasteiger partial charge in [-0.1, -0.05) is 20.8 Å². The van der Waals surface area contributed by atoms with Crippen molar-refractivity contribution in [3.8, 4) is 0 Å². The Labute approximate surface area is 114 Å². The van der Waals surface area contributed by atoms with Crippen LogP contribution in [0.1, 0.15) is 26.5 Å². The van der Waals surface area contributed by atoms with Crippen LogP contribution in [0.2, 0.25) is 0 Å². The third-order valence-corrected chi connectivity index (χ3v) is 2.74. The van der Waals surface area contributed by atoms with Crippen molar-refractivity contribution in [2.45, 2.75) is 33.4 Å². The highest BCUT2D eigenvalue weighted by Crippen LogP contribution is 2.19. The number of aromatic nitrogens is 2. The molecule has 0 saturated carbocycles. The van der Waals surface area contributed by atoms with E-state index >= 15 is 0 Å². The highest BCUT2D eigenvalue weighted by molar-refractivity contribution is 5.80. The van der Waals surface area contributed by atoms with E-state index in [1.54, 1.807) is 6.20 Å². The number of hydrogen-bond donors (Lipinski definition) is 2. The van der Waals surface area contributed by atoms with Gasteiger partial charge in [0.15, 0.2) is 0 Å². The molecule has 1 amide bonds. The molecule has 19 heavy (non-hydrogen) atoms. The zero-order valence-electron chi connectivity index (χ0n) is 12.3. The van der Waals surface area contributed by atoms with E-state index in [4.69, 9.17) is 5.73 Å².